The highest BCUT2D eigenvalue weighted by molar-refractivity contribution is 7.11. The zero-order chi connectivity index (χ0) is 19.5. The van der Waals surface area contributed by atoms with Crippen molar-refractivity contribution in [3.63, 3.8) is 0 Å². The SMILES string of the molecule is CNc1ncccc1-c1noc(C(=Cc2ccc(C)c(C)c2)c2cccs2)n1. The van der Waals surface area contributed by atoms with Crippen molar-refractivity contribution in [1.29, 1.82) is 0 Å². The molecule has 1 N–H and O–H groups in total. The molecule has 3 aromatic heterocycles. The van der Waals surface area contributed by atoms with Gasteiger partial charge in [-0.1, -0.05) is 29.4 Å². The molecule has 5 nitrogen and oxygen atoms in total. The number of pyridine rings is 1. The maximum atomic E-state index is 5.65. The highest BCUT2D eigenvalue weighted by Crippen LogP contribution is 2.31. The molecule has 1 aromatic carbocycles. The summed E-state index contributed by atoms with van der Waals surface area (Å²) in [6.07, 6.45) is 3.82. The lowest BCUT2D eigenvalue weighted by atomic mass is 10.0. The molecule has 4 rings (SSSR count). The monoisotopic (exact) mass is 388 g/mol. The summed E-state index contributed by atoms with van der Waals surface area (Å²) >= 11 is 1.64. The Morgan fingerprint density at radius 2 is 2.00 bits per heavy atom. The summed E-state index contributed by atoms with van der Waals surface area (Å²) in [5, 5.41) is 9.31. The van der Waals surface area contributed by atoms with Crippen LogP contribution in [0, 0.1) is 13.8 Å². The lowest BCUT2D eigenvalue weighted by Gasteiger charge is -2.04. The van der Waals surface area contributed by atoms with E-state index in [1.807, 2.05) is 30.6 Å². The normalized spacial score (nSPS) is 11.6. The third-order valence-corrected chi connectivity index (χ3v) is 5.47. The Kier molecular flexibility index (Phi) is 5.04. The molecule has 0 saturated carbocycles. The number of aromatic nitrogens is 3. The molecule has 0 aliphatic heterocycles. The molecular weight excluding hydrogens is 368 g/mol. The van der Waals surface area contributed by atoms with Crippen molar-refractivity contribution < 1.29 is 4.52 Å². The number of nitrogens with zero attached hydrogens (tertiary/aromatic N) is 3. The summed E-state index contributed by atoms with van der Waals surface area (Å²) in [5.74, 6) is 1.71. The Hall–Kier alpha value is -3.25. The van der Waals surface area contributed by atoms with Crippen molar-refractivity contribution in [2.45, 2.75) is 13.8 Å². The van der Waals surface area contributed by atoms with Crippen LogP contribution in [0.15, 0.2) is 58.6 Å². The van der Waals surface area contributed by atoms with Gasteiger partial charge in [-0.15, -0.1) is 11.3 Å². The molecule has 6 heteroatoms. The van der Waals surface area contributed by atoms with Gasteiger partial charge in [0.05, 0.1) is 11.1 Å². The molecule has 0 saturated heterocycles. The van der Waals surface area contributed by atoms with Crippen molar-refractivity contribution in [2.24, 2.45) is 0 Å². The fourth-order valence-electron chi connectivity index (χ4n) is 2.92. The quantitative estimate of drug-likeness (QED) is 0.493. The molecule has 0 aliphatic rings. The second kappa shape index (κ2) is 7.78. The van der Waals surface area contributed by atoms with Gasteiger partial charge in [-0.25, -0.2) is 4.98 Å². The lowest BCUT2D eigenvalue weighted by Crippen LogP contribution is -1.95. The summed E-state index contributed by atoms with van der Waals surface area (Å²) in [7, 11) is 1.82. The minimum Gasteiger partial charge on any atom is -0.373 e. The number of hydrogen-bond acceptors (Lipinski definition) is 6. The van der Waals surface area contributed by atoms with Crippen molar-refractivity contribution in [3.8, 4) is 11.4 Å². The molecule has 140 valence electrons. The van der Waals surface area contributed by atoms with Crippen LogP contribution in [0.4, 0.5) is 5.82 Å². The molecule has 3 heterocycles. The van der Waals surface area contributed by atoms with Crippen LogP contribution in [-0.2, 0) is 0 Å². The van der Waals surface area contributed by atoms with Crippen LogP contribution in [0.5, 0.6) is 0 Å². The summed E-state index contributed by atoms with van der Waals surface area (Å²) in [4.78, 5) is 10.1. The number of thiophene rings is 1. The molecular formula is C22H20N4OS. The predicted octanol–water partition coefficient (Wildman–Crippen LogP) is 5.44. The van der Waals surface area contributed by atoms with E-state index in [9.17, 15) is 0 Å². The van der Waals surface area contributed by atoms with E-state index in [1.165, 1.54) is 11.1 Å². The van der Waals surface area contributed by atoms with Gasteiger partial charge in [-0.05, 0) is 60.2 Å². The minimum atomic E-state index is 0.488. The number of hydrogen-bond donors (Lipinski definition) is 1. The Balaban J connectivity index is 1.79. The fourth-order valence-corrected chi connectivity index (χ4v) is 3.65. The van der Waals surface area contributed by atoms with E-state index in [2.05, 4.69) is 64.6 Å². The fraction of sp³-hybridized carbons (Fsp3) is 0.136. The number of aryl methyl sites for hydroxylation is 2. The van der Waals surface area contributed by atoms with Gasteiger partial charge >= 0.3 is 0 Å². The molecule has 4 aromatic rings. The van der Waals surface area contributed by atoms with Crippen LogP contribution in [0.1, 0.15) is 27.5 Å². The van der Waals surface area contributed by atoms with E-state index in [1.54, 1.807) is 17.5 Å². The first kappa shape index (κ1) is 18.1. The average molecular weight is 388 g/mol. The van der Waals surface area contributed by atoms with Crippen molar-refractivity contribution in [1.82, 2.24) is 15.1 Å². The molecule has 0 fully saturated rings. The lowest BCUT2D eigenvalue weighted by molar-refractivity contribution is 0.409. The number of nitrogens with one attached hydrogen (secondary N) is 1. The van der Waals surface area contributed by atoms with E-state index in [0.717, 1.165) is 21.6 Å². The molecule has 0 amide bonds. The Morgan fingerprint density at radius 1 is 1.11 bits per heavy atom. The predicted molar refractivity (Wildman–Crippen MR) is 114 cm³/mol. The Bertz CT molecular complexity index is 1130. The van der Waals surface area contributed by atoms with Crippen LogP contribution < -0.4 is 5.32 Å². The van der Waals surface area contributed by atoms with Gasteiger partial charge in [0.25, 0.3) is 5.89 Å². The van der Waals surface area contributed by atoms with Gasteiger partial charge in [-0.3, -0.25) is 0 Å². The molecule has 28 heavy (non-hydrogen) atoms. The van der Waals surface area contributed by atoms with E-state index in [4.69, 9.17) is 4.52 Å². The Morgan fingerprint density at radius 3 is 2.75 bits per heavy atom. The first-order valence-electron chi connectivity index (χ1n) is 8.96. The molecule has 0 unspecified atom stereocenters. The van der Waals surface area contributed by atoms with E-state index in [-0.39, 0.29) is 0 Å². The highest BCUT2D eigenvalue weighted by atomic mass is 32.1. The third-order valence-electron chi connectivity index (χ3n) is 4.57. The second-order valence-corrected chi connectivity index (χ2v) is 7.40. The van der Waals surface area contributed by atoms with Crippen LogP contribution >= 0.6 is 11.3 Å². The van der Waals surface area contributed by atoms with Crippen molar-refractivity contribution in [3.05, 3.63) is 81.5 Å². The molecule has 0 radical (unpaired) electrons. The van der Waals surface area contributed by atoms with E-state index < -0.39 is 0 Å². The largest absolute Gasteiger partial charge is 0.373 e. The number of benzene rings is 1. The van der Waals surface area contributed by atoms with Crippen molar-refractivity contribution >= 4 is 28.8 Å². The standard InChI is InChI=1S/C22H20N4OS/c1-14-8-9-16(12-15(14)2)13-18(19-7-5-11-28-19)22-25-21(26-27-22)17-6-4-10-24-20(17)23-3/h4-13H,1-3H3,(H,23,24). The molecule has 0 bridgehead atoms. The van der Waals surface area contributed by atoms with Crippen LogP contribution in [-0.4, -0.2) is 22.2 Å². The summed E-state index contributed by atoms with van der Waals surface area (Å²) in [5.41, 5.74) is 5.33. The van der Waals surface area contributed by atoms with Crippen LogP contribution in [0.3, 0.4) is 0 Å². The minimum absolute atomic E-state index is 0.488. The smallest absolute Gasteiger partial charge is 0.259 e. The average Bonchev–Trinajstić information content (AvgIpc) is 3.41. The molecule has 0 spiro atoms. The zero-order valence-corrected chi connectivity index (χ0v) is 16.7. The molecule has 0 atom stereocenters. The van der Waals surface area contributed by atoms with Gasteiger partial charge < -0.3 is 9.84 Å². The topological polar surface area (TPSA) is 63.8 Å². The first-order chi connectivity index (χ1) is 13.7. The van der Waals surface area contributed by atoms with Gasteiger partial charge in [0.15, 0.2) is 0 Å². The van der Waals surface area contributed by atoms with E-state index >= 15 is 0 Å². The molecule has 0 aliphatic carbocycles. The van der Waals surface area contributed by atoms with Crippen LogP contribution in [0.2, 0.25) is 0 Å². The maximum Gasteiger partial charge on any atom is 0.259 e. The maximum absolute atomic E-state index is 5.65. The zero-order valence-electron chi connectivity index (χ0n) is 15.9. The second-order valence-electron chi connectivity index (χ2n) is 6.45. The van der Waals surface area contributed by atoms with Gasteiger partial charge in [0, 0.05) is 18.1 Å². The van der Waals surface area contributed by atoms with Gasteiger partial charge in [0.1, 0.15) is 5.82 Å². The van der Waals surface area contributed by atoms with Crippen LogP contribution in [0.25, 0.3) is 23.0 Å². The number of anilines is 1. The Labute approximate surface area is 167 Å². The first-order valence-corrected chi connectivity index (χ1v) is 9.83. The summed E-state index contributed by atoms with van der Waals surface area (Å²) in [6.45, 7) is 4.23. The summed E-state index contributed by atoms with van der Waals surface area (Å²) < 4.78 is 5.65. The third kappa shape index (κ3) is 3.59. The van der Waals surface area contributed by atoms with E-state index in [0.29, 0.717) is 17.5 Å². The number of rotatable bonds is 5. The van der Waals surface area contributed by atoms with Crippen molar-refractivity contribution in [2.75, 3.05) is 12.4 Å². The highest BCUT2D eigenvalue weighted by Gasteiger charge is 2.17. The van der Waals surface area contributed by atoms with Gasteiger partial charge in [-0.2, -0.15) is 4.98 Å². The van der Waals surface area contributed by atoms with Gasteiger partial charge in [0.2, 0.25) is 5.82 Å². The summed E-state index contributed by atoms with van der Waals surface area (Å²) in [6, 6.07) is 14.3.